The minimum absolute atomic E-state index is 0.0433. The standard InChI is InChI=1S/C84H130ClF2N17O15/c1-25-56-79(115)96(18)43-64(108)97(19)57(38-44(3)4)76(112)93-68(48(11)12)82(118)98(20)58(39-45(5)6)75(111)90-51(16)74(110)91-52(17)78(114)99(21)59(40-46(7)8)80(116)100(22)60(41-47(9)10)81(117)101(23)70(49(13)14)83(119)102(24)71(77(113)92-56)72(109)50(15)30-32-88-62(106)31-33-89-84-94-69-53(73(95-84)104-36-34-103(35-37-104)63(107)26-2)42-54(85)65(67(69)87)66-55(86)28-27-29-61(66)105/h26-29,42,44-52,56-60,68,70-72,105,109H,2,25,30-41,43H2,1,3-24H3,(H,88,106)(H,90,111)(H,91,110)(H,92,113)(H,93,112)(H,89,94,95)/t50-,51+,52-,56+,57+,58+,59+,60+,68+,70+,71+,72-/m1/s1. The summed E-state index contributed by atoms with van der Waals surface area (Å²) in [6.07, 6.45) is -0.638. The Morgan fingerprint density at radius 1 is 0.597 bits per heavy atom. The maximum atomic E-state index is 17.0. The van der Waals surface area contributed by atoms with Crippen molar-refractivity contribution in [3.63, 3.8) is 0 Å². The molecule has 3 aromatic rings. The molecule has 32 nitrogen and oxygen atoms in total. The van der Waals surface area contributed by atoms with Crippen LogP contribution in [0, 0.1) is 53.1 Å². The molecule has 0 radical (unpaired) electrons. The Bertz CT molecular complexity index is 4120. The van der Waals surface area contributed by atoms with Gasteiger partial charge in [0.25, 0.3) is 0 Å². The minimum atomic E-state index is -1.86. The quantitative estimate of drug-likeness (QED) is 0.0551. The number of aliphatic hydroxyl groups is 1. The summed E-state index contributed by atoms with van der Waals surface area (Å²) in [5.41, 5.74) is -1.27. The third-order valence-corrected chi connectivity index (χ3v) is 22.4. The first-order valence-electron chi connectivity index (χ1n) is 41.1. The molecule has 119 heavy (non-hydrogen) atoms. The summed E-state index contributed by atoms with van der Waals surface area (Å²) in [6.45, 7) is 31.0. The minimum Gasteiger partial charge on any atom is -0.507 e. The zero-order chi connectivity index (χ0) is 90.0. The van der Waals surface area contributed by atoms with Crippen LogP contribution in [0.1, 0.15) is 156 Å². The van der Waals surface area contributed by atoms with Gasteiger partial charge < -0.3 is 86.2 Å². The molecule has 13 amide bonds. The highest BCUT2D eigenvalue weighted by atomic mass is 35.5. The highest BCUT2D eigenvalue weighted by Crippen LogP contribution is 2.43. The lowest BCUT2D eigenvalue weighted by atomic mass is 9.91. The number of likely N-dealkylation sites (N-methyl/N-ethyl adjacent to an activating group) is 7. The van der Waals surface area contributed by atoms with Crippen LogP contribution in [0.25, 0.3) is 22.0 Å². The Kier molecular flexibility index (Phi) is 37.2. The SMILES string of the molecule is C=CC(=O)N1CCN(c2nc(NCCC(=O)NCC[C@@H](C)[C@@H](O)[C@H]3C(=O)N[C@@H](CC)C(=O)N(C)CC(=O)N(C)[C@@H](CC(C)C)C(=O)N[C@@H](C(C)C)C(=O)N(C)[C@@H](CC(C)C)C(=O)N[C@@H](C)C(=O)N[C@H](C)C(=O)N(C)[C@@H](CC(C)C)C(=O)N(C)[C@@H](CC(C)C)C(=O)N(C)[C@@H](C(C)C)C(=O)N3C)nc3c(F)c(-c4c(O)cccc4F)c(Cl)cc23)CC1. The average molecular weight is 1690 g/mol. The molecule has 662 valence electrons. The molecule has 0 saturated carbocycles. The highest BCUT2D eigenvalue weighted by molar-refractivity contribution is 6.34. The van der Waals surface area contributed by atoms with E-state index in [4.69, 9.17) is 16.6 Å². The van der Waals surface area contributed by atoms with Crippen LogP contribution in [0.2, 0.25) is 5.02 Å². The molecule has 12 atom stereocenters. The number of aromatic nitrogens is 2. The molecule has 2 aromatic carbocycles. The molecule has 2 fully saturated rings. The predicted molar refractivity (Wildman–Crippen MR) is 450 cm³/mol. The van der Waals surface area contributed by atoms with Crippen molar-refractivity contribution in [2.45, 2.75) is 222 Å². The Morgan fingerprint density at radius 2 is 1.11 bits per heavy atom. The summed E-state index contributed by atoms with van der Waals surface area (Å²) in [4.78, 5) is 210. The number of aliphatic hydroxyl groups excluding tert-OH is 1. The molecular formula is C84H130ClF2N17O15. The molecule has 1 aromatic heterocycles. The first-order chi connectivity index (χ1) is 55.5. The van der Waals surface area contributed by atoms with Crippen LogP contribution in [-0.2, 0) is 62.3 Å². The van der Waals surface area contributed by atoms with Gasteiger partial charge in [-0.05, 0) is 118 Å². The first-order valence-corrected chi connectivity index (χ1v) is 41.5. The van der Waals surface area contributed by atoms with E-state index in [9.17, 15) is 53.4 Å². The highest BCUT2D eigenvalue weighted by Gasteiger charge is 2.46. The van der Waals surface area contributed by atoms with Gasteiger partial charge in [0.15, 0.2) is 5.82 Å². The summed E-state index contributed by atoms with van der Waals surface area (Å²) >= 11 is 6.68. The second-order valence-corrected chi connectivity index (χ2v) is 34.5. The zero-order valence-corrected chi connectivity index (χ0v) is 74.4. The summed E-state index contributed by atoms with van der Waals surface area (Å²) in [5, 5.41) is 40.0. The summed E-state index contributed by atoms with van der Waals surface area (Å²) in [7, 11) is 9.55. The number of phenols is 1. The number of nitrogens with zero attached hydrogens (tertiary/aromatic N) is 11. The fraction of sp³-hybridized carbons (Fsp3) is 0.655. The van der Waals surface area contributed by atoms with E-state index in [0.29, 0.717) is 0 Å². The van der Waals surface area contributed by atoms with Gasteiger partial charge in [-0.25, -0.2) is 13.8 Å². The lowest BCUT2D eigenvalue weighted by Gasteiger charge is -2.41. The van der Waals surface area contributed by atoms with E-state index in [0.717, 1.165) is 20.8 Å². The second kappa shape index (κ2) is 44.4. The van der Waals surface area contributed by atoms with Crippen LogP contribution in [0.15, 0.2) is 36.9 Å². The van der Waals surface area contributed by atoms with Crippen LogP contribution in [-0.4, -0.2) is 298 Å². The Labute approximate surface area is 704 Å². The van der Waals surface area contributed by atoms with Gasteiger partial charge in [-0.2, -0.15) is 4.98 Å². The molecule has 0 aliphatic carbocycles. The first kappa shape index (κ1) is 99.7. The van der Waals surface area contributed by atoms with Crippen LogP contribution in [0.4, 0.5) is 20.5 Å². The van der Waals surface area contributed by atoms with Gasteiger partial charge >= 0.3 is 0 Å². The lowest BCUT2D eigenvalue weighted by Crippen LogP contribution is -2.63. The number of benzene rings is 2. The number of hydrogen-bond donors (Lipinski definition) is 8. The van der Waals surface area contributed by atoms with Crippen molar-refractivity contribution in [1.29, 1.82) is 0 Å². The number of halogens is 3. The van der Waals surface area contributed by atoms with Gasteiger partial charge in [-0.3, -0.25) is 62.3 Å². The normalized spacial score (nSPS) is 23.2. The number of rotatable bonds is 23. The van der Waals surface area contributed by atoms with E-state index in [1.807, 2.05) is 55.4 Å². The zero-order valence-electron chi connectivity index (χ0n) is 73.6. The summed E-state index contributed by atoms with van der Waals surface area (Å²) < 4.78 is 32.3. The van der Waals surface area contributed by atoms with Crippen molar-refractivity contribution in [3.05, 3.63) is 53.6 Å². The molecular weight excluding hydrogens is 1560 g/mol. The smallest absolute Gasteiger partial charge is 0.246 e. The van der Waals surface area contributed by atoms with E-state index < -0.39 is 190 Å². The van der Waals surface area contributed by atoms with Crippen LogP contribution < -0.4 is 36.8 Å². The van der Waals surface area contributed by atoms with Gasteiger partial charge in [-0.15, -0.1) is 0 Å². The number of anilines is 2. The van der Waals surface area contributed by atoms with Gasteiger partial charge in [0.1, 0.15) is 83.3 Å². The second-order valence-electron chi connectivity index (χ2n) is 34.1. The van der Waals surface area contributed by atoms with Crippen molar-refractivity contribution >= 4 is 111 Å². The van der Waals surface area contributed by atoms with E-state index in [1.54, 1.807) is 51.3 Å². The van der Waals surface area contributed by atoms with E-state index in [2.05, 4.69) is 43.5 Å². The van der Waals surface area contributed by atoms with Gasteiger partial charge in [0.05, 0.1) is 23.2 Å². The number of nitrogens with one attached hydrogen (secondary N) is 6. The van der Waals surface area contributed by atoms with Crippen LogP contribution >= 0.6 is 11.6 Å². The largest absolute Gasteiger partial charge is 0.507 e. The Balaban J connectivity index is 1.55. The number of amides is 13. The molecule has 0 spiro atoms. The fourth-order valence-electron chi connectivity index (χ4n) is 14.9. The molecule has 3 heterocycles. The van der Waals surface area contributed by atoms with Crippen LogP contribution in [0.3, 0.4) is 0 Å². The molecule has 0 unspecified atom stereocenters. The Hall–Kier alpha value is -9.86. The number of fused-ring (bicyclic) bond motifs is 1. The molecule has 0 bridgehead atoms. The molecule has 2 aliphatic rings. The summed E-state index contributed by atoms with van der Waals surface area (Å²) in [5.74, 6) is -14.8. The monoisotopic (exact) mass is 1690 g/mol. The molecule has 2 saturated heterocycles. The number of aromatic hydroxyl groups is 1. The van der Waals surface area contributed by atoms with E-state index >= 15 is 28.0 Å². The van der Waals surface area contributed by atoms with Crippen molar-refractivity contribution in [2.24, 2.45) is 41.4 Å². The molecule has 2 aliphatic heterocycles. The van der Waals surface area contributed by atoms with Crippen molar-refractivity contribution in [3.8, 4) is 16.9 Å². The van der Waals surface area contributed by atoms with Crippen molar-refractivity contribution in [2.75, 3.05) is 105 Å². The van der Waals surface area contributed by atoms with Crippen molar-refractivity contribution < 1.29 is 81.3 Å². The number of piperazine rings is 1. The van der Waals surface area contributed by atoms with Gasteiger partial charge in [-0.1, -0.05) is 121 Å². The maximum Gasteiger partial charge on any atom is 0.246 e. The average Bonchev–Trinajstić information content (AvgIpc) is 0.747. The number of phenolic OH excluding ortho intramolecular Hbond substituents is 1. The maximum absolute atomic E-state index is 17.0. The van der Waals surface area contributed by atoms with Gasteiger partial charge in [0.2, 0.25) is 82.7 Å². The number of carbonyl (C=O) groups is 13. The fourth-order valence-corrected chi connectivity index (χ4v) is 15.2. The molecule has 5 rings (SSSR count). The third-order valence-electron chi connectivity index (χ3n) is 22.1. The Morgan fingerprint density at radius 3 is 1.64 bits per heavy atom. The third kappa shape index (κ3) is 25.6. The number of carbonyl (C=O) groups excluding carboxylic acids is 13. The van der Waals surface area contributed by atoms with E-state index in [1.165, 1.54) is 107 Å². The molecule has 35 heteroatoms. The van der Waals surface area contributed by atoms with Gasteiger partial charge in [0, 0.05) is 106 Å². The van der Waals surface area contributed by atoms with Crippen molar-refractivity contribution in [1.82, 2.24) is 75.8 Å². The van der Waals surface area contributed by atoms with Crippen LogP contribution in [0.5, 0.6) is 5.75 Å². The topological polar surface area (TPSA) is 389 Å². The molecule has 8 N–H and O–H groups in total. The number of hydrogen-bond acceptors (Lipinski definition) is 19. The summed E-state index contributed by atoms with van der Waals surface area (Å²) in [6, 6.07) is -8.61. The lowest BCUT2D eigenvalue weighted by molar-refractivity contribution is -0.157. The van der Waals surface area contributed by atoms with E-state index in [-0.39, 0.29) is 141 Å². The predicted octanol–water partition coefficient (Wildman–Crippen LogP) is 5.39.